The molecule has 0 amide bonds. The third kappa shape index (κ3) is 5.70. The number of hydrogen-bond donors (Lipinski definition) is 1. The number of nitrogens with one attached hydrogen (secondary N) is 1. The molecule has 1 heterocycles. The van der Waals surface area contributed by atoms with Gasteiger partial charge in [-0.3, -0.25) is 4.98 Å². The first-order valence-corrected chi connectivity index (χ1v) is 11.7. The molecule has 0 aliphatic carbocycles. The highest BCUT2D eigenvalue weighted by atomic mass is 32.2. The molecule has 8 heteroatoms. The van der Waals surface area contributed by atoms with Crippen molar-refractivity contribution in [3.05, 3.63) is 83.8 Å². The molecular weight excluding hydrogens is 476 g/mol. The highest BCUT2D eigenvalue weighted by molar-refractivity contribution is 8.00. The second kappa shape index (κ2) is 9.41. The number of aryl methyl sites for hydroxylation is 1. The van der Waals surface area contributed by atoms with E-state index in [0.29, 0.717) is 27.3 Å². The van der Waals surface area contributed by atoms with Crippen LogP contribution in [0.5, 0.6) is 5.75 Å². The van der Waals surface area contributed by atoms with Crippen LogP contribution in [0, 0.1) is 12.7 Å². The molecule has 182 valence electrons. The molecule has 3 nitrogen and oxygen atoms in total. The van der Waals surface area contributed by atoms with Crippen molar-refractivity contribution in [2.45, 2.75) is 44.4 Å². The summed E-state index contributed by atoms with van der Waals surface area (Å²) in [5.74, 6) is -0.643. The van der Waals surface area contributed by atoms with Gasteiger partial charge in [-0.1, -0.05) is 45.0 Å². The lowest BCUT2D eigenvalue weighted by atomic mass is 9.87. The Kier molecular flexibility index (Phi) is 6.68. The quantitative estimate of drug-likeness (QED) is 0.220. The van der Waals surface area contributed by atoms with E-state index in [4.69, 9.17) is 0 Å². The Hall–Kier alpha value is -3.26. The Bertz CT molecular complexity index is 1380. The van der Waals surface area contributed by atoms with Gasteiger partial charge >= 0.3 is 6.36 Å². The molecule has 0 atom stereocenters. The van der Waals surface area contributed by atoms with Crippen molar-refractivity contribution < 1.29 is 22.3 Å². The van der Waals surface area contributed by atoms with Gasteiger partial charge in [0.1, 0.15) is 11.6 Å². The zero-order valence-electron chi connectivity index (χ0n) is 19.6. The molecule has 0 bridgehead atoms. The number of ether oxygens (including phenoxy) is 1. The number of anilines is 1. The van der Waals surface area contributed by atoms with Crippen LogP contribution in [0.1, 0.15) is 31.9 Å². The third-order valence-corrected chi connectivity index (χ3v) is 6.33. The van der Waals surface area contributed by atoms with Gasteiger partial charge in [-0.25, -0.2) is 4.39 Å². The largest absolute Gasteiger partial charge is 0.573 e. The van der Waals surface area contributed by atoms with Crippen molar-refractivity contribution in [2.75, 3.05) is 4.72 Å². The monoisotopic (exact) mass is 500 g/mol. The highest BCUT2D eigenvalue weighted by Gasteiger charge is 2.31. The number of fused-ring (bicyclic) bond motifs is 1. The van der Waals surface area contributed by atoms with Gasteiger partial charge in [0.05, 0.1) is 11.2 Å². The Labute approximate surface area is 205 Å². The molecule has 4 rings (SSSR count). The Morgan fingerprint density at radius 1 is 0.914 bits per heavy atom. The zero-order valence-corrected chi connectivity index (χ0v) is 20.4. The minimum atomic E-state index is -4.82. The fraction of sp³-hybridized carbons (Fsp3) is 0.222. The first-order valence-electron chi connectivity index (χ1n) is 10.9. The first-order chi connectivity index (χ1) is 16.4. The number of rotatable bonds is 5. The molecular formula is C27H24F4N2OS. The molecule has 0 fully saturated rings. The zero-order chi connectivity index (χ0) is 25.4. The summed E-state index contributed by atoms with van der Waals surface area (Å²) in [7, 11) is 0. The molecule has 0 saturated heterocycles. The number of aromatic nitrogens is 1. The van der Waals surface area contributed by atoms with E-state index in [-0.39, 0.29) is 17.0 Å². The van der Waals surface area contributed by atoms with Crippen molar-refractivity contribution in [3.63, 3.8) is 0 Å². The molecule has 1 N–H and O–H groups in total. The lowest BCUT2D eigenvalue weighted by molar-refractivity contribution is -0.274. The Balaban J connectivity index is 1.74. The van der Waals surface area contributed by atoms with Crippen molar-refractivity contribution in [2.24, 2.45) is 0 Å². The fourth-order valence-corrected chi connectivity index (χ4v) is 4.57. The summed E-state index contributed by atoms with van der Waals surface area (Å²) < 4.78 is 60.8. The maximum absolute atomic E-state index is 14.7. The summed E-state index contributed by atoms with van der Waals surface area (Å²) in [4.78, 5) is 5.06. The van der Waals surface area contributed by atoms with Crippen LogP contribution in [-0.2, 0) is 5.41 Å². The Morgan fingerprint density at radius 3 is 2.37 bits per heavy atom. The van der Waals surface area contributed by atoms with Gasteiger partial charge in [-0.15, -0.1) is 13.2 Å². The predicted molar refractivity (Wildman–Crippen MR) is 133 cm³/mol. The van der Waals surface area contributed by atoms with Gasteiger partial charge in [0, 0.05) is 22.0 Å². The fourth-order valence-electron chi connectivity index (χ4n) is 3.86. The standard InChI is InChI=1S/C27H24F4N2OS/c1-16-7-10-19(20-6-5-13-32-25(16)20)21-14-17(34-27(29,30)31)8-12-24(21)33-35-18-9-11-22(23(28)15-18)26(2,3)4/h5-15,33H,1-4H3. The van der Waals surface area contributed by atoms with E-state index >= 15 is 0 Å². The lowest BCUT2D eigenvalue weighted by Crippen LogP contribution is -2.17. The SMILES string of the molecule is Cc1ccc(-c2cc(OC(F)(F)F)ccc2NSc2ccc(C(C)(C)C)c(F)c2)c2cccnc12. The predicted octanol–water partition coefficient (Wildman–Crippen LogP) is 8.66. The number of halogens is 4. The molecule has 0 unspecified atom stereocenters. The van der Waals surface area contributed by atoms with Gasteiger partial charge in [0.25, 0.3) is 0 Å². The van der Waals surface area contributed by atoms with Crippen LogP contribution >= 0.6 is 11.9 Å². The topological polar surface area (TPSA) is 34.1 Å². The first kappa shape index (κ1) is 24.9. The van der Waals surface area contributed by atoms with E-state index in [9.17, 15) is 17.6 Å². The van der Waals surface area contributed by atoms with Crippen LogP contribution in [-0.4, -0.2) is 11.3 Å². The number of benzene rings is 3. The maximum atomic E-state index is 14.7. The smallest absolute Gasteiger partial charge is 0.406 e. The van der Waals surface area contributed by atoms with Crippen LogP contribution in [0.2, 0.25) is 0 Å². The normalized spacial score (nSPS) is 12.1. The summed E-state index contributed by atoms with van der Waals surface area (Å²) in [5, 5.41) is 0.797. The molecule has 0 aliphatic rings. The average Bonchev–Trinajstić information content (AvgIpc) is 2.77. The van der Waals surface area contributed by atoms with E-state index in [1.54, 1.807) is 18.3 Å². The van der Waals surface area contributed by atoms with Crippen molar-refractivity contribution in [1.82, 2.24) is 4.98 Å². The van der Waals surface area contributed by atoms with Crippen LogP contribution in [0.3, 0.4) is 0 Å². The van der Waals surface area contributed by atoms with Gasteiger partial charge in [-0.2, -0.15) is 0 Å². The minimum absolute atomic E-state index is 0.311. The molecule has 35 heavy (non-hydrogen) atoms. The molecule has 4 aromatic rings. The van der Waals surface area contributed by atoms with Crippen LogP contribution in [0.4, 0.5) is 23.2 Å². The third-order valence-electron chi connectivity index (χ3n) is 5.51. The number of nitrogens with zero attached hydrogens (tertiary/aromatic N) is 1. The van der Waals surface area contributed by atoms with E-state index in [1.807, 2.05) is 52.0 Å². The summed E-state index contributed by atoms with van der Waals surface area (Å²) in [6, 6.07) is 16.5. The Morgan fingerprint density at radius 2 is 1.69 bits per heavy atom. The molecule has 0 radical (unpaired) electrons. The number of hydrogen-bond acceptors (Lipinski definition) is 4. The number of alkyl halides is 3. The van der Waals surface area contributed by atoms with Gasteiger partial charge in [-0.05, 0) is 77.4 Å². The molecule has 0 spiro atoms. The summed E-state index contributed by atoms with van der Waals surface area (Å²) in [5.41, 5.74) is 3.74. The molecule has 0 aliphatic heterocycles. The van der Waals surface area contributed by atoms with E-state index in [2.05, 4.69) is 14.4 Å². The second-order valence-corrected chi connectivity index (χ2v) is 10.1. The minimum Gasteiger partial charge on any atom is -0.406 e. The van der Waals surface area contributed by atoms with E-state index in [0.717, 1.165) is 16.5 Å². The van der Waals surface area contributed by atoms with Gasteiger partial charge in [0.2, 0.25) is 0 Å². The highest BCUT2D eigenvalue weighted by Crippen LogP contribution is 2.39. The van der Waals surface area contributed by atoms with E-state index < -0.39 is 6.36 Å². The van der Waals surface area contributed by atoms with Crippen molar-refractivity contribution >= 4 is 28.5 Å². The summed E-state index contributed by atoms with van der Waals surface area (Å²) in [6.45, 7) is 7.74. The van der Waals surface area contributed by atoms with Crippen LogP contribution in [0.15, 0.2) is 71.8 Å². The van der Waals surface area contributed by atoms with Gasteiger partial charge < -0.3 is 9.46 Å². The van der Waals surface area contributed by atoms with Crippen LogP contribution in [0.25, 0.3) is 22.0 Å². The molecule has 3 aromatic carbocycles. The second-order valence-electron chi connectivity index (χ2n) is 9.18. The van der Waals surface area contributed by atoms with Crippen molar-refractivity contribution in [3.8, 4) is 16.9 Å². The van der Waals surface area contributed by atoms with Gasteiger partial charge in [0.15, 0.2) is 0 Å². The van der Waals surface area contributed by atoms with E-state index in [1.165, 1.54) is 36.2 Å². The van der Waals surface area contributed by atoms with Crippen LogP contribution < -0.4 is 9.46 Å². The lowest BCUT2D eigenvalue weighted by Gasteiger charge is -2.20. The maximum Gasteiger partial charge on any atom is 0.573 e. The number of pyridine rings is 1. The summed E-state index contributed by atoms with van der Waals surface area (Å²) in [6.07, 6.45) is -3.14. The van der Waals surface area contributed by atoms with Crippen molar-refractivity contribution in [1.29, 1.82) is 0 Å². The average molecular weight is 501 g/mol. The molecule has 1 aromatic heterocycles. The molecule has 0 saturated carbocycles. The summed E-state index contributed by atoms with van der Waals surface area (Å²) >= 11 is 1.17.